The molecule has 114 valence electrons. The normalized spacial score (nSPS) is 23.4. The van der Waals surface area contributed by atoms with Gasteiger partial charge in [-0.05, 0) is 26.2 Å². The molecule has 7 nitrogen and oxygen atoms in total. The summed E-state index contributed by atoms with van der Waals surface area (Å²) in [4.78, 5) is 36.7. The lowest BCUT2D eigenvalue weighted by Gasteiger charge is -2.35. The van der Waals surface area contributed by atoms with Crippen LogP contribution in [-0.2, 0) is 19.1 Å². The molecule has 2 atom stereocenters. The molecule has 1 amide bonds. The highest BCUT2D eigenvalue weighted by Crippen LogP contribution is 2.34. The second-order valence-electron chi connectivity index (χ2n) is 4.91. The summed E-state index contributed by atoms with van der Waals surface area (Å²) in [5.41, 5.74) is 4.35. The molecule has 0 aromatic heterocycles. The van der Waals surface area contributed by atoms with Gasteiger partial charge in [0.2, 0.25) is 0 Å². The zero-order chi connectivity index (χ0) is 15.3. The van der Waals surface area contributed by atoms with Crippen LogP contribution in [-0.4, -0.2) is 52.6 Å². The number of carboxylic acids is 1. The van der Waals surface area contributed by atoms with Crippen LogP contribution in [0.2, 0.25) is 0 Å². The quantitative estimate of drug-likeness (QED) is 0.530. The van der Waals surface area contributed by atoms with Crippen LogP contribution in [0.4, 0.5) is 0 Å². The van der Waals surface area contributed by atoms with Crippen molar-refractivity contribution in [2.75, 3.05) is 13.2 Å². The van der Waals surface area contributed by atoms with Crippen molar-refractivity contribution in [3.8, 4) is 0 Å². The molecule has 0 aromatic rings. The van der Waals surface area contributed by atoms with E-state index in [1.165, 1.54) is 4.90 Å². The molecule has 1 heterocycles. The summed E-state index contributed by atoms with van der Waals surface area (Å²) in [5, 5.41) is 9.49. The van der Waals surface area contributed by atoms with Crippen molar-refractivity contribution in [1.82, 2.24) is 4.90 Å². The van der Waals surface area contributed by atoms with E-state index in [2.05, 4.69) is 0 Å². The van der Waals surface area contributed by atoms with Gasteiger partial charge in [0.1, 0.15) is 5.54 Å². The predicted molar refractivity (Wildman–Crippen MR) is 70.8 cm³/mol. The van der Waals surface area contributed by atoms with Gasteiger partial charge in [-0.2, -0.15) is 0 Å². The van der Waals surface area contributed by atoms with Crippen molar-refractivity contribution in [3.63, 3.8) is 0 Å². The molecule has 0 aromatic carbocycles. The van der Waals surface area contributed by atoms with Crippen LogP contribution >= 0.6 is 0 Å². The molecule has 7 heteroatoms. The average molecular weight is 286 g/mol. The zero-order valence-corrected chi connectivity index (χ0v) is 11.9. The third kappa shape index (κ3) is 2.92. The largest absolute Gasteiger partial charge is 0.479 e. The second kappa shape index (κ2) is 6.69. The van der Waals surface area contributed by atoms with Gasteiger partial charge in [0.25, 0.3) is 5.91 Å². The standard InChI is InChI=1S/C13H22N2O5/c1-3-6-13(12(18)19)7-5-8-15(13)10(16)9(14)11(17)20-4-2/h9H,3-8,14H2,1-2H3,(H,18,19). The Morgan fingerprint density at radius 1 is 1.40 bits per heavy atom. The first kappa shape index (κ1) is 16.4. The van der Waals surface area contributed by atoms with E-state index in [-0.39, 0.29) is 6.61 Å². The van der Waals surface area contributed by atoms with Crippen molar-refractivity contribution in [2.24, 2.45) is 5.73 Å². The lowest BCUT2D eigenvalue weighted by Crippen LogP contribution is -2.58. The van der Waals surface area contributed by atoms with Gasteiger partial charge >= 0.3 is 11.9 Å². The molecular formula is C13H22N2O5. The molecular weight excluding hydrogens is 264 g/mol. The summed E-state index contributed by atoms with van der Waals surface area (Å²) in [6.45, 7) is 3.90. The zero-order valence-electron chi connectivity index (χ0n) is 11.9. The molecule has 0 spiro atoms. The first-order valence-electron chi connectivity index (χ1n) is 6.87. The number of rotatable bonds is 6. The van der Waals surface area contributed by atoms with Crippen molar-refractivity contribution in [1.29, 1.82) is 0 Å². The summed E-state index contributed by atoms with van der Waals surface area (Å²) in [6.07, 6.45) is 1.96. The molecule has 1 rings (SSSR count). The van der Waals surface area contributed by atoms with Crippen LogP contribution in [0.1, 0.15) is 39.5 Å². The third-order valence-corrected chi connectivity index (χ3v) is 3.62. The molecule has 1 saturated heterocycles. The number of amides is 1. The van der Waals surface area contributed by atoms with E-state index >= 15 is 0 Å². The van der Waals surface area contributed by atoms with Gasteiger partial charge in [-0.1, -0.05) is 13.3 Å². The number of carbonyl (C=O) groups excluding carboxylic acids is 2. The molecule has 1 aliphatic rings. The molecule has 0 bridgehead atoms. The first-order valence-corrected chi connectivity index (χ1v) is 6.87. The minimum Gasteiger partial charge on any atom is -0.479 e. The number of ether oxygens (including phenoxy) is 1. The number of hydrogen-bond acceptors (Lipinski definition) is 5. The number of hydrogen-bond donors (Lipinski definition) is 2. The minimum absolute atomic E-state index is 0.124. The van der Waals surface area contributed by atoms with Crippen LogP contribution in [0.25, 0.3) is 0 Å². The molecule has 3 N–H and O–H groups in total. The maximum absolute atomic E-state index is 12.3. The molecule has 1 fully saturated rings. The number of carboxylic acid groups (broad SMARTS) is 1. The third-order valence-electron chi connectivity index (χ3n) is 3.62. The second-order valence-corrected chi connectivity index (χ2v) is 4.91. The summed E-state index contributed by atoms with van der Waals surface area (Å²) in [6, 6.07) is -1.45. The Morgan fingerprint density at radius 3 is 2.55 bits per heavy atom. The highest BCUT2D eigenvalue weighted by atomic mass is 16.5. The first-order chi connectivity index (χ1) is 9.40. The lowest BCUT2D eigenvalue weighted by atomic mass is 9.90. The number of carbonyl (C=O) groups is 3. The van der Waals surface area contributed by atoms with Gasteiger partial charge in [-0.3, -0.25) is 4.79 Å². The fraction of sp³-hybridized carbons (Fsp3) is 0.769. The highest BCUT2D eigenvalue weighted by Gasteiger charge is 2.50. The molecule has 2 unspecified atom stereocenters. The Hall–Kier alpha value is -1.63. The summed E-state index contributed by atoms with van der Waals surface area (Å²) in [7, 11) is 0. The van der Waals surface area contributed by atoms with E-state index in [0.29, 0.717) is 32.2 Å². The van der Waals surface area contributed by atoms with E-state index in [1.54, 1.807) is 6.92 Å². The monoisotopic (exact) mass is 286 g/mol. The predicted octanol–water partition coefficient (Wildman–Crippen LogP) is 0.123. The number of nitrogens with two attached hydrogens (primary N) is 1. The topological polar surface area (TPSA) is 110 Å². The van der Waals surface area contributed by atoms with Crippen molar-refractivity contribution < 1.29 is 24.2 Å². The Morgan fingerprint density at radius 2 is 2.05 bits per heavy atom. The molecule has 20 heavy (non-hydrogen) atoms. The van der Waals surface area contributed by atoms with Crippen molar-refractivity contribution in [2.45, 2.75) is 51.1 Å². The van der Waals surface area contributed by atoms with E-state index in [4.69, 9.17) is 10.5 Å². The van der Waals surface area contributed by atoms with E-state index < -0.39 is 29.4 Å². The van der Waals surface area contributed by atoms with Gasteiger partial charge in [-0.25, -0.2) is 9.59 Å². The molecule has 0 aliphatic carbocycles. The fourth-order valence-corrected chi connectivity index (χ4v) is 2.70. The van der Waals surface area contributed by atoms with Crippen molar-refractivity contribution >= 4 is 17.8 Å². The van der Waals surface area contributed by atoms with Crippen LogP contribution < -0.4 is 5.73 Å². The minimum atomic E-state index is -1.45. The van der Waals surface area contributed by atoms with Crippen LogP contribution in [0, 0.1) is 0 Å². The highest BCUT2D eigenvalue weighted by molar-refractivity contribution is 6.03. The Kier molecular flexibility index (Phi) is 5.50. The maximum atomic E-state index is 12.3. The van der Waals surface area contributed by atoms with E-state index in [0.717, 1.165) is 0 Å². The fourth-order valence-electron chi connectivity index (χ4n) is 2.70. The SMILES string of the molecule is CCCC1(C(=O)O)CCCN1C(=O)C(N)C(=O)OCC. The molecule has 0 saturated carbocycles. The summed E-state index contributed by atoms with van der Waals surface area (Å²) >= 11 is 0. The molecule has 1 aliphatic heterocycles. The van der Waals surface area contributed by atoms with E-state index in [1.807, 2.05) is 6.92 Å². The van der Waals surface area contributed by atoms with Gasteiger partial charge < -0.3 is 20.5 Å². The number of likely N-dealkylation sites (tertiary alicyclic amines) is 1. The summed E-state index contributed by atoms with van der Waals surface area (Å²) in [5.74, 6) is -2.53. The van der Waals surface area contributed by atoms with E-state index in [9.17, 15) is 19.5 Å². The lowest BCUT2D eigenvalue weighted by molar-refractivity contribution is -0.161. The average Bonchev–Trinajstić information content (AvgIpc) is 2.82. The van der Waals surface area contributed by atoms with Gasteiger partial charge in [-0.15, -0.1) is 0 Å². The van der Waals surface area contributed by atoms with Gasteiger partial charge in [0, 0.05) is 6.54 Å². The smallest absolute Gasteiger partial charge is 0.332 e. The maximum Gasteiger partial charge on any atom is 0.332 e. The van der Waals surface area contributed by atoms with Crippen LogP contribution in [0.5, 0.6) is 0 Å². The van der Waals surface area contributed by atoms with Gasteiger partial charge in [0.15, 0.2) is 6.04 Å². The number of aliphatic carboxylic acids is 1. The Labute approximate surface area is 118 Å². The van der Waals surface area contributed by atoms with Crippen LogP contribution in [0.3, 0.4) is 0 Å². The number of nitrogens with zero attached hydrogens (tertiary/aromatic N) is 1. The number of esters is 1. The molecule has 0 radical (unpaired) electrons. The van der Waals surface area contributed by atoms with Crippen molar-refractivity contribution in [3.05, 3.63) is 0 Å². The van der Waals surface area contributed by atoms with Crippen LogP contribution in [0.15, 0.2) is 0 Å². The Balaban J connectivity index is 2.95. The summed E-state index contributed by atoms with van der Waals surface area (Å²) < 4.78 is 4.71. The Bertz CT molecular complexity index is 398. The van der Waals surface area contributed by atoms with Gasteiger partial charge in [0.05, 0.1) is 6.61 Å².